The molecule has 0 unspecified atom stereocenters. The molecule has 110 valence electrons. The van der Waals surface area contributed by atoms with Gasteiger partial charge in [-0.05, 0) is 37.4 Å². The van der Waals surface area contributed by atoms with Crippen molar-refractivity contribution in [2.24, 2.45) is 0 Å². The van der Waals surface area contributed by atoms with Crippen LogP contribution in [0.4, 0.5) is 5.82 Å². The van der Waals surface area contributed by atoms with Gasteiger partial charge in [0.25, 0.3) is 0 Å². The lowest BCUT2D eigenvalue weighted by atomic mass is 10.2. The highest BCUT2D eigenvalue weighted by Crippen LogP contribution is 2.32. The number of halogens is 1. The number of thiophene rings is 1. The van der Waals surface area contributed by atoms with Crippen molar-refractivity contribution in [1.29, 1.82) is 0 Å². The highest BCUT2D eigenvalue weighted by molar-refractivity contribution is 7.18. The van der Waals surface area contributed by atoms with Crippen LogP contribution >= 0.6 is 22.9 Å². The first-order chi connectivity index (χ1) is 9.65. The summed E-state index contributed by atoms with van der Waals surface area (Å²) in [7, 11) is 0. The number of rotatable bonds is 7. The average Bonchev–Trinajstić information content (AvgIpc) is 2.78. The Hall–Kier alpha value is -0.870. The van der Waals surface area contributed by atoms with Gasteiger partial charge in [0, 0.05) is 18.0 Å². The first-order valence-electron chi connectivity index (χ1n) is 7.34. The number of anilines is 1. The third-order valence-electron chi connectivity index (χ3n) is 3.33. The number of hydrogen-bond donors (Lipinski definition) is 0. The fourth-order valence-electron chi connectivity index (χ4n) is 2.26. The molecule has 3 nitrogen and oxygen atoms in total. The molecule has 0 bridgehead atoms. The summed E-state index contributed by atoms with van der Waals surface area (Å²) in [5.41, 5.74) is 0. The van der Waals surface area contributed by atoms with Crippen molar-refractivity contribution < 1.29 is 0 Å². The Kier molecular flexibility index (Phi) is 5.61. The molecule has 0 aliphatic rings. The van der Waals surface area contributed by atoms with E-state index in [0.29, 0.717) is 5.28 Å². The number of aromatic nitrogens is 2. The van der Waals surface area contributed by atoms with Crippen LogP contribution < -0.4 is 4.90 Å². The summed E-state index contributed by atoms with van der Waals surface area (Å²) in [4.78, 5) is 13.5. The predicted molar refractivity (Wildman–Crippen MR) is 89.2 cm³/mol. The monoisotopic (exact) mass is 311 g/mol. The molecule has 0 spiro atoms. The zero-order valence-corrected chi connectivity index (χ0v) is 14.0. The zero-order chi connectivity index (χ0) is 14.5. The highest BCUT2D eigenvalue weighted by atomic mass is 35.5. The lowest BCUT2D eigenvalue weighted by molar-refractivity contribution is 0.673. The first kappa shape index (κ1) is 15.5. The number of nitrogens with zero attached hydrogens (tertiary/aromatic N) is 3. The molecule has 0 aromatic carbocycles. The Labute approximate surface area is 130 Å². The summed E-state index contributed by atoms with van der Waals surface area (Å²) in [5, 5.41) is 1.50. The molecular formula is C15H22ClN3S. The van der Waals surface area contributed by atoms with Gasteiger partial charge in [-0.25, -0.2) is 4.98 Å². The summed E-state index contributed by atoms with van der Waals surface area (Å²) in [6.07, 6.45) is 4.73. The van der Waals surface area contributed by atoms with Gasteiger partial charge in [-0.2, -0.15) is 4.98 Å². The molecule has 0 radical (unpaired) electrons. The SMILES string of the molecule is CCCCN(CCCC)c1nc(Cl)nc2sc(C)cc12. The van der Waals surface area contributed by atoms with Crippen LogP contribution in [0.5, 0.6) is 0 Å². The van der Waals surface area contributed by atoms with Gasteiger partial charge in [0.2, 0.25) is 5.28 Å². The lowest BCUT2D eigenvalue weighted by Crippen LogP contribution is -2.26. The summed E-state index contributed by atoms with van der Waals surface area (Å²) in [6.45, 7) is 8.61. The summed E-state index contributed by atoms with van der Waals surface area (Å²) >= 11 is 7.79. The first-order valence-corrected chi connectivity index (χ1v) is 8.53. The van der Waals surface area contributed by atoms with Gasteiger partial charge in [-0.1, -0.05) is 26.7 Å². The Balaban J connectivity index is 2.39. The van der Waals surface area contributed by atoms with Crippen molar-refractivity contribution in [3.8, 4) is 0 Å². The van der Waals surface area contributed by atoms with E-state index in [-0.39, 0.29) is 0 Å². The Morgan fingerprint density at radius 2 is 1.80 bits per heavy atom. The van der Waals surface area contributed by atoms with Gasteiger partial charge >= 0.3 is 0 Å². The maximum absolute atomic E-state index is 6.10. The molecule has 2 heterocycles. The molecule has 0 saturated heterocycles. The van der Waals surface area contributed by atoms with E-state index in [2.05, 4.69) is 41.7 Å². The smallest absolute Gasteiger partial charge is 0.225 e. The van der Waals surface area contributed by atoms with E-state index >= 15 is 0 Å². The van der Waals surface area contributed by atoms with E-state index in [1.807, 2.05) is 0 Å². The van der Waals surface area contributed by atoms with Crippen molar-refractivity contribution >= 4 is 39.0 Å². The molecule has 0 aliphatic heterocycles. The fraction of sp³-hybridized carbons (Fsp3) is 0.600. The van der Waals surface area contributed by atoms with Gasteiger partial charge in [0.1, 0.15) is 10.6 Å². The van der Waals surface area contributed by atoms with E-state index in [9.17, 15) is 0 Å². The predicted octanol–water partition coefficient (Wildman–Crippen LogP) is 5.06. The minimum Gasteiger partial charge on any atom is -0.356 e. The largest absolute Gasteiger partial charge is 0.356 e. The number of hydrogen-bond acceptors (Lipinski definition) is 4. The molecule has 5 heteroatoms. The Morgan fingerprint density at radius 3 is 2.40 bits per heavy atom. The normalized spacial score (nSPS) is 11.2. The molecular weight excluding hydrogens is 290 g/mol. The zero-order valence-electron chi connectivity index (χ0n) is 12.4. The number of fused-ring (bicyclic) bond motifs is 1. The molecule has 0 N–H and O–H groups in total. The van der Waals surface area contributed by atoms with Crippen LogP contribution in [0.3, 0.4) is 0 Å². The summed E-state index contributed by atoms with van der Waals surface area (Å²) in [6, 6.07) is 2.18. The molecule has 0 aliphatic carbocycles. The third kappa shape index (κ3) is 3.61. The third-order valence-corrected chi connectivity index (χ3v) is 4.44. The standard InChI is InChI=1S/C15H22ClN3S/c1-4-6-8-19(9-7-5-2)13-12-10-11(3)20-14(12)18-15(16)17-13/h10H,4-9H2,1-3H3. The minimum absolute atomic E-state index is 0.354. The Morgan fingerprint density at radius 1 is 1.15 bits per heavy atom. The fourth-order valence-corrected chi connectivity index (χ4v) is 3.35. The van der Waals surface area contributed by atoms with Crippen molar-refractivity contribution in [2.75, 3.05) is 18.0 Å². The highest BCUT2D eigenvalue weighted by Gasteiger charge is 2.15. The van der Waals surface area contributed by atoms with Crippen molar-refractivity contribution in [3.63, 3.8) is 0 Å². The lowest BCUT2D eigenvalue weighted by Gasteiger charge is -2.24. The van der Waals surface area contributed by atoms with Crippen molar-refractivity contribution in [1.82, 2.24) is 9.97 Å². The van der Waals surface area contributed by atoms with Gasteiger partial charge in [0.15, 0.2) is 0 Å². The maximum atomic E-state index is 6.10. The average molecular weight is 312 g/mol. The number of aryl methyl sites for hydroxylation is 1. The van der Waals surface area contributed by atoms with E-state index < -0.39 is 0 Å². The Bertz CT molecular complexity index is 559. The second-order valence-electron chi connectivity index (χ2n) is 5.09. The summed E-state index contributed by atoms with van der Waals surface area (Å²) < 4.78 is 0. The molecule has 2 aromatic rings. The second kappa shape index (κ2) is 7.23. The van der Waals surface area contributed by atoms with E-state index in [0.717, 1.165) is 29.1 Å². The van der Waals surface area contributed by atoms with Crippen LogP contribution in [0.1, 0.15) is 44.4 Å². The second-order valence-corrected chi connectivity index (χ2v) is 6.66. The molecule has 0 saturated carbocycles. The molecule has 20 heavy (non-hydrogen) atoms. The molecule has 0 fully saturated rings. The van der Waals surface area contributed by atoms with Gasteiger partial charge in [-0.15, -0.1) is 11.3 Å². The molecule has 2 rings (SSSR count). The topological polar surface area (TPSA) is 29.0 Å². The van der Waals surface area contributed by atoms with Crippen LogP contribution in [0.15, 0.2) is 6.07 Å². The van der Waals surface area contributed by atoms with Gasteiger partial charge in [0.05, 0.1) is 5.39 Å². The maximum Gasteiger partial charge on any atom is 0.225 e. The minimum atomic E-state index is 0.354. The van der Waals surface area contributed by atoms with E-state index in [4.69, 9.17) is 11.6 Å². The van der Waals surface area contributed by atoms with Crippen LogP contribution in [-0.4, -0.2) is 23.1 Å². The van der Waals surface area contributed by atoms with Crippen molar-refractivity contribution in [2.45, 2.75) is 46.5 Å². The van der Waals surface area contributed by atoms with Crippen molar-refractivity contribution in [3.05, 3.63) is 16.2 Å². The summed E-state index contributed by atoms with van der Waals surface area (Å²) in [5.74, 6) is 1.01. The van der Waals surface area contributed by atoms with Gasteiger partial charge in [-0.3, -0.25) is 0 Å². The molecule has 2 aromatic heterocycles. The van der Waals surface area contributed by atoms with E-state index in [1.54, 1.807) is 11.3 Å². The quantitative estimate of drug-likeness (QED) is 0.669. The van der Waals surface area contributed by atoms with Crippen LogP contribution in [0.2, 0.25) is 5.28 Å². The number of unbranched alkanes of at least 4 members (excludes halogenated alkanes) is 2. The van der Waals surface area contributed by atoms with Gasteiger partial charge < -0.3 is 4.90 Å². The van der Waals surface area contributed by atoms with Crippen LogP contribution in [-0.2, 0) is 0 Å². The molecule has 0 atom stereocenters. The molecule has 0 amide bonds. The van der Waals surface area contributed by atoms with Crippen LogP contribution in [0.25, 0.3) is 10.2 Å². The van der Waals surface area contributed by atoms with Crippen LogP contribution in [0, 0.1) is 6.92 Å². The van der Waals surface area contributed by atoms with E-state index in [1.165, 1.54) is 30.6 Å².